The zero-order valence-corrected chi connectivity index (χ0v) is 12.9. The highest BCUT2D eigenvalue weighted by atomic mass is 16.5. The van der Waals surface area contributed by atoms with Crippen LogP contribution >= 0.6 is 0 Å². The van der Waals surface area contributed by atoms with Crippen molar-refractivity contribution in [3.63, 3.8) is 0 Å². The normalized spacial score (nSPS) is 30.3. The lowest BCUT2D eigenvalue weighted by Crippen LogP contribution is -2.41. The summed E-state index contributed by atoms with van der Waals surface area (Å²) < 4.78 is 11.3. The second kappa shape index (κ2) is 8.98. The lowest BCUT2D eigenvalue weighted by molar-refractivity contribution is -0.0510. The van der Waals surface area contributed by atoms with Crippen LogP contribution in [0.25, 0.3) is 0 Å². The van der Waals surface area contributed by atoms with Crippen molar-refractivity contribution in [2.24, 2.45) is 5.92 Å². The third kappa shape index (κ3) is 5.32. The Morgan fingerprint density at radius 3 is 2.70 bits per heavy atom. The van der Waals surface area contributed by atoms with Gasteiger partial charge in [0.2, 0.25) is 0 Å². The van der Waals surface area contributed by atoms with E-state index in [4.69, 9.17) is 9.47 Å². The fourth-order valence-electron chi connectivity index (χ4n) is 3.36. The predicted octanol–water partition coefficient (Wildman–Crippen LogP) is 2.10. The molecule has 20 heavy (non-hydrogen) atoms. The Hall–Kier alpha value is -0.160. The highest BCUT2D eigenvalue weighted by Gasteiger charge is 2.25. The minimum absolute atomic E-state index is 0.367. The van der Waals surface area contributed by atoms with Crippen LogP contribution < -0.4 is 5.32 Å². The van der Waals surface area contributed by atoms with Crippen LogP contribution in [0.2, 0.25) is 0 Å². The van der Waals surface area contributed by atoms with E-state index in [0.29, 0.717) is 31.2 Å². The van der Waals surface area contributed by atoms with Gasteiger partial charge >= 0.3 is 0 Å². The molecule has 1 aliphatic carbocycles. The fraction of sp³-hybridized carbons (Fsp3) is 1.00. The van der Waals surface area contributed by atoms with Crippen molar-refractivity contribution >= 4 is 0 Å². The molecule has 1 heterocycles. The summed E-state index contributed by atoms with van der Waals surface area (Å²) in [4.78, 5) is 0. The van der Waals surface area contributed by atoms with Gasteiger partial charge in [0.1, 0.15) is 0 Å². The maximum absolute atomic E-state index is 10.1. The van der Waals surface area contributed by atoms with Gasteiger partial charge in [-0.15, -0.1) is 0 Å². The van der Waals surface area contributed by atoms with E-state index in [1.165, 1.54) is 32.1 Å². The van der Waals surface area contributed by atoms with E-state index in [0.717, 1.165) is 26.1 Å². The van der Waals surface area contributed by atoms with Gasteiger partial charge in [-0.25, -0.2) is 0 Å². The summed E-state index contributed by atoms with van der Waals surface area (Å²) >= 11 is 0. The number of ether oxygens (including phenoxy) is 2. The molecule has 0 radical (unpaired) electrons. The number of rotatable bonds is 7. The zero-order chi connectivity index (χ0) is 14.2. The number of nitrogens with one attached hydrogen (secondary N) is 1. The van der Waals surface area contributed by atoms with E-state index in [-0.39, 0.29) is 0 Å². The molecule has 4 heteroatoms. The standard InChI is InChI=1S/C16H31NO3/c1-2-13-5-3-4-6-16(13)20-12-15(18)11-17-14-7-9-19-10-8-14/h13-18H,2-12H2,1H3. The first-order chi connectivity index (χ1) is 9.79. The van der Waals surface area contributed by atoms with Gasteiger partial charge in [-0.05, 0) is 31.6 Å². The summed E-state index contributed by atoms with van der Waals surface area (Å²) in [7, 11) is 0. The third-order valence-electron chi connectivity index (χ3n) is 4.73. The Balaban J connectivity index is 1.59. The average Bonchev–Trinajstić information content (AvgIpc) is 2.52. The molecule has 3 unspecified atom stereocenters. The van der Waals surface area contributed by atoms with Gasteiger partial charge < -0.3 is 19.9 Å². The molecule has 1 aliphatic heterocycles. The van der Waals surface area contributed by atoms with Gasteiger partial charge in [-0.2, -0.15) is 0 Å². The summed E-state index contributed by atoms with van der Waals surface area (Å²) in [6, 6.07) is 0.497. The third-order valence-corrected chi connectivity index (χ3v) is 4.73. The van der Waals surface area contributed by atoms with Crippen molar-refractivity contribution in [2.75, 3.05) is 26.4 Å². The van der Waals surface area contributed by atoms with E-state index < -0.39 is 6.10 Å². The molecule has 2 fully saturated rings. The van der Waals surface area contributed by atoms with Gasteiger partial charge in [-0.3, -0.25) is 0 Å². The van der Waals surface area contributed by atoms with Crippen LogP contribution in [0, 0.1) is 5.92 Å². The lowest BCUT2D eigenvalue weighted by Gasteiger charge is -2.31. The molecule has 0 spiro atoms. The molecule has 0 aromatic rings. The molecule has 2 rings (SSSR count). The van der Waals surface area contributed by atoms with E-state index >= 15 is 0 Å². The molecule has 1 saturated carbocycles. The summed E-state index contributed by atoms with van der Waals surface area (Å²) in [6.45, 7) is 5.02. The van der Waals surface area contributed by atoms with Gasteiger partial charge in [0.05, 0.1) is 18.8 Å². The van der Waals surface area contributed by atoms with Crippen LogP contribution in [0.1, 0.15) is 51.9 Å². The number of aliphatic hydroxyl groups is 1. The van der Waals surface area contributed by atoms with Crippen molar-refractivity contribution in [1.29, 1.82) is 0 Å². The van der Waals surface area contributed by atoms with E-state index in [2.05, 4.69) is 12.2 Å². The van der Waals surface area contributed by atoms with Gasteiger partial charge in [0.25, 0.3) is 0 Å². The molecule has 0 bridgehead atoms. The molecule has 2 aliphatic rings. The largest absolute Gasteiger partial charge is 0.389 e. The number of hydrogen-bond donors (Lipinski definition) is 2. The second-order valence-electron chi connectivity index (χ2n) is 6.27. The second-order valence-corrected chi connectivity index (χ2v) is 6.27. The van der Waals surface area contributed by atoms with Gasteiger partial charge in [-0.1, -0.05) is 26.2 Å². The van der Waals surface area contributed by atoms with E-state index in [1.807, 2.05) is 0 Å². The van der Waals surface area contributed by atoms with Crippen molar-refractivity contribution in [2.45, 2.75) is 70.1 Å². The molecular weight excluding hydrogens is 254 g/mol. The first kappa shape index (κ1) is 16.2. The zero-order valence-electron chi connectivity index (χ0n) is 12.9. The molecule has 0 aromatic carbocycles. The first-order valence-corrected chi connectivity index (χ1v) is 8.40. The Labute approximate surface area is 123 Å². The summed E-state index contributed by atoms with van der Waals surface area (Å²) in [5, 5.41) is 13.5. The quantitative estimate of drug-likeness (QED) is 0.752. The first-order valence-electron chi connectivity index (χ1n) is 8.40. The smallest absolute Gasteiger partial charge is 0.0897 e. The topological polar surface area (TPSA) is 50.7 Å². The molecule has 3 atom stereocenters. The van der Waals surface area contributed by atoms with Crippen LogP contribution in [0.5, 0.6) is 0 Å². The van der Waals surface area contributed by atoms with Crippen LogP contribution in [0.15, 0.2) is 0 Å². The van der Waals surface area contributed by atoms with Gasteiger partial charge in [0, 0.05) is 25.8 Å². The maximum Gasteiger partial charge on any atom is 0.0897 e. The minimum Gasteiger partial charge on any atom is -0.389 e. The van der Waals surface area contributed by atoms with Crippen molar-refractivity contribution in [3.05, 3.63) is 0 Å². The molecule has 0 amide bonds. The Bertz CT molecular complexity index is 256. The molecule has 2 N–H and O–H groups in total. The Morgan fingerprint density at radius 2 is 1.95 bits per heavy atom. The van der Waals surface area contributed by atoms with Gasteiger partial charge in [0.15, 0.2) is 0 Å². The molecule has 1 saturated heterocycles. The maximum atomic E-state index is 10.1. The van der Waals surface area contributed by atoms with E-state index in [1.54, 1.807) is 0 Å². The minimum atomic E-state index is -0.391. The van der Waals surface area contributed by atoms with Crippen LogP contribution in [0.3, 0.4) is 0 Å². The average molecular weight is 285 g/mol. The fourth-order valence-corrected chi connectivity index (χ4v) is 3.36. The monoisotopic (exact) mass is 285 g/mol. The molecule has 4 nitrogen and oxygen atoms in total. The SMILES string of the molecule is CCC1CCCCC1OCC(O)CNC1CCOCC1. The predicted molar refractivity (Wildman–Crippen MR) is 79.8 cm³/mol. The lowest BCUT2D eigenvalue weighted by atomic mass is 9.85. The molecule has 0 aromatic heterocycles. The summed E-state index contributed by atoms with van der Waals surface area (Å²) in [5.41, 5.74) is 0. The van der Waals surface area contributed by atoms with Crippen molar-refractivity contribution in [3.8, 4) is 0 Å². The van der Waals surface area contributed by atoms with Crippen LogP contribution in [-0.2, 0) is 9.47 Å². The number of hydrogen-bond acceptors (Lipinski definition) is 4. The summed E-state index contributed by atoms with van der Waals surface area (Å²) in [6.07, 6.45) is 8.34. The van der Waals surface area contributed by atoms with Crippen molar-refractivity contribution < 1.29 is 14.6 Å². The Morgan fingerprint density at radius 1 is 1.20 bits per heavy atom. The van der Waals surface area contributed by atoms with E-state index in [9.17, 15) is 5.11 Å². The molecular formula is C16H31NO3. The van der Waals surface area contributed by atoms with Crippen molar-refractivity contribution in [1.82, 2.24) is 5.32 Å². The Kier molecular flexibility index (Phi) is 7.28. The van der Waals surface area contributed by atoms with Crippen LogP contribution in [-0.4, -0.2) is 49.7 Å². The van der Waals surface area contributed by atoms with Crippen LogP contribution in [0.4, 0.5) is 0 Å². The summed E-state index contributed by atoms with van der Waals surface area (Å²) in [5.74, 6) is 0.694. The highest BCUT2D eigenvalue weighted by Crippen LogP contribution is 2.29. The molecule has 118 valence electrons. The highest BCUT2D eigenvalue weighted by molar-refractivity contribution is 4.76. The number of aliphatic hydroxyl groups excluding tert-OH is 1.